The molecule has 0 N–H and O–H groups in total. The van der Waals surface area contributed by atoms with E-state index in [9.17, 15) is 13.6 Å². The van der Waals surface area contributed by atoms with Crippen molar-refractivity contribution in [3.8, 4) is 5.88 Å². The van der Waals surface area contributed by atoms with Gasteiger partial charge in [-0.3, -0.25) is 4.79 Å². The zero-order valence-corrected chi connectivity index (χ0v) is 8.91. The second kappa shape index (κ2) is 5.59. The molecule has 1 aromatic rings. The summed E-state index contributed by atoms with van der Waals surface area (Å²) in [4.78, 5) is 13.6. The number of nitrogens with zero attached hydrogens (tertiary/aromatic N) is 1. The van der Waals surface area contributed by atoms with Crippen LogP contribution >= 0.6 is 15.9 Å². The van der Waals surface area contributed by atoms with E-state index in [-0.39, 0.29) is 24.5 Å². The quantitative estimate of drug-likeness (QED) is 0.776. The molecule has 0 aliphatic rings. The highest BCUT2D eigenvalue weighted by molar-refractivity contribution is 9.10. The highest BCUT2D eigenvalue weighted by Gasteiger charge is 2.11. The van der Waals surface area contributed by atoms with Gasteiger partial charge in [-0.05, 0) is 22.0 Å². The monoisotopic (exact) mass is 281 g/mol. The molecule has 0 aliphatic carbocycles. The number of alkyl halides is 2. The van der Waals surface area contributed by atoms with Crippen molar-refractivity contribution in [3.05, 3.63) is 22.3 Å². The number of halogens is 3. The van der Waals surface area contributed by atoms with Crippen molar-refractivity contribution in [2.24, 2.45) is 0 Å². The molecule has 0 bridgehead atoms. The number of hydrogen-bond donors (Lipinski definition) is 0. The summed E-state index contributed by atoms with van der Waals surface area (Å²) in [6, 6.07) is 1.48. The summed E-state index contributed by atoms with van der Waals surface area (Å²) in [6.45, 7) is -2.92. The van der Waals surface area contributed by atoms with Crippen LogP contribution in [0.25, 0.3) is 0 Å². The maximum atomic E-state index is 11.9. The minimum Gasteiger partial charge on any atom is -0.463 e. The first-order valence-electron chi connectivity index (χ1n) is 3.78. The lowest BCUT2D eigenvalue weighted by atomic mass is 10.3. The lowest BCUT2D eigenvalue weighted by Crippen LogP contribution is -2.07. The van der Waals surface area contributed by atoms with Crippen LogP contribution in [0.4, 0.5) is 8.78 Å². The van der Waals surface area contributed by atoms with E-state index in [1.165, 1.54) is 12.3 Å². The van der Waals surface area contributed by atoms with Gasteiger partial charge < -0.3 is 9.47 Å². The van der Waals surface area contributed by atoms with Gasteiger partial charge in [0.05, 0.1) is 5.56 Å². The van der Waals surface area contributed by atoms with Gasteiger partial charge in [-0.1, -0.05) is 0 Å². The van der Waals surface area contributed by atoms with E-state index >= 15 is 0 Å². The minimum absolute atomic E-state index is 0.169. The third-order valence-corrected chi connectivity index (χ3v) is 1.83. The first-order chi connectivity index (χ1) is 7.13. The second-order valence-corrected chi connectivity index (χ2v) is 3.32. The van der Waals surface area contributed by atoms with Crippen molar-refractivity contribution < 1.29 is 23.0 Å². The summed E-state index contributed by atoms with van der Waals surface area (Å²) in [7, 11) is 0. The Hall–Kier alpha value is -1.24. The fourth-order valence-corrected chi connectivity index (χ4v) is 1.27. The van der Waals surface area contributed by atoms with Gasteiger partial charge in [0.1, 0.15) is 6.61 Å². The van der Waals surface area contributed by atoms with Crippen molar-refractivity contribution in [3.63, 3.8) is 0 Å². The van der Waals surface area contributed by atoms with E-state index in [2.05, 4.69) is 30.4 Å². The molecule has 0 fully saturated rings. The topological polar surface area (TPSA) is 48.4 Å². The first kappa shape index (κ1) is 11.8. The summed E-state index contributed by atoms with van der Waals surface area (Å²) in [6.07, 6.45) is 1.31. The molecule has 0 radical (unpaired) electrons. The highest BCUT2D eigenvalue weighted by Crippen LogP contribution is 2.22. The van der Waals surface area contributed by atoms with E-state index in [4.69, 9.17) is 0 Å². The molecular weight excluding hydrogens is 276 g/mol. The van der Waals surface area contributed by atoms with Crippen LogP contribution in [0.2, 0.25) is 0 Å². The molecule has 7 heteroatoms. The Labute approximate surface area is 92.3 Å². The molecule has 0 atom stereocenters. The minimum atomic E-state index is -2.96. The molecule has 1 rings (SSSR count). The third kappa shape index (κ3) is 3.78. The lowest BCUT2D eigenvalue weighted by Gasteiger charge is -2.08. The zero-order valence-electron chi connectivity index (χ0n) is 7.32. The van der Waals surface area contributed by atoms with Gasteiger partial charge in [0.25, 0.3) is 6.47 Å². The van der Waals surface area contributed by atoms with Gasteiger partial charge in [-0.15, -0.1) is 0 Å². The van der Waals surface area contributed by atoms with Crippen molar-refractivity contribution in [1.29, 1.82) is 0 Å². The summed E-state index contributed by atoms with van der Waals surface area (Å²) in [5.74, 6) is -0.255. The van der Waals surface area contributed by atoms with Gasteiger partial charge in [-0.25, -0.2) is 4.98 Å². The van der Waals surface area contributed by atoms with Crippen LogP contribution in [0.1, 0.15) is 5.56 Å². The fraction of sp³-hybridized carbons (Fsp3) is 0.250. The number of aromatic nitrogens is 1. The molecule has 4 nitrogen and oxygen atoms in total. The second-order valence-electron chi connectivity index (χ2n) is 2.40. The van der Waals surface area contributed by atoms with Crippen molar-refractivity contribution >= 4 is 22.4 Å². The molecule has 0 amide bonds. The first-order valence-corrected chi connectivity index (χ1v) is 4.57. The Morgan fingerprint density at radius 2 is 2.33 bits per heavy atom. The molecule has 0 aromatic carbocycles. The summed E-state index contributed by atoms with van der Waals surface area (Å²) < 4.78 is 33.0. The zero-order chi connectivity index (χ0) is 11.3. The summed E-state index contributed by atoms with van der Waals surface area (Å²) >= 11 is 3.10. The maximum Gasteiger partial charge on any atom is 0.388 e. The number of pyridine rings is 1. The molecule has 0 spiro atoms. The van der Waals surface area contributed by atoms with Gasteiger partial charge in [0, 0.05) is 10.7 Å². The molecule has 1 aromatic heterocycles. The molecule has 0 saturated heterocycles. The van der Waals surface area contributed by atoms with E-state index in [0.717, 1.165) is 0 Å². The van der Waals surface area contributed by atoms with Crippen LogP contribution in [-0.4, -0.2) is 18.1 Å². The van der Waals surface area contributed by atoms with E-state index in [0.29, 0.717) is 4.47 Å². The van der Waals surface area contributed by atoms with Crippen LogP contribution in [0.15, 0.2) is 16.7 Å². The molecule has 82 valence electrons. The number of carbonyl (C=O) groups excluding carboxylic acids is 1. The van der Waals surface area contributed by atoms with Crippen LogP contribution in [0, 0.1) is 0 Å². The van der Waals surface area contributed by atoms with E-state index < -0.39 is 6.61 Å². The normalized spacial score (nSPS) is 10.1. The molecule has 1 heterocycles. The average molecular weight is 282 g/mol. The maximum absolute atomic E-state index is 11.9. The highest BCUT2D eigenvalue weighted by atomic mass is 79.9. The molecule has 0 unspecified atom stereocenters. The Morgan fingerprint density at radius 3 is 2.93 bits per heavy atom. The van der Waals surface area contributed by atoms with Gasteiger partial charge in [-0.2, -0.15) is 8.78 Å². The standard InChI is InChI=1S/C8H6BrF2NO3/c9-6-1-5(3-14-4-13)7(12-2-6)15-8(10)11/h1-2,4,8H,3H2. The van der Waals surface area contributed by atoms with Crippen LogP contribution in [0.5, 0.6) is 5.88 Å². The van der Waals surface area contributed by atoms with Crippen molar-refractivity contribution in [2.75, 3.05) is 0 Å². The number of hydrogen-bond acceptors (Lipinski definition) is 4. The summed E-state index contributed by atoms with van der Waals surface area (Å²) in [5, 5.41) is 0. The number of carbonyl (C=O) groups is 1. The predicted octanol–water partition coefficient (Wildman–Crippen LogP) is 2.12. The smallest absolute Gasteiger partial charge is 0.388 e. The van der Waals surface area contributed by atoms with Crippen LogP contribution < -0.4 is 4.74 Å². The fourth-order valence-electron chi connectivity index (χ4n) is 0.886. The summed E-state index contributed by atoms with van der Waals surface area (Å²) in [5.41, 5.74) is 0.261. The Balaban J connectivity index is 2.86. The average Bonchev–Trinajstić information content (AvgIpc) is 2.18. The largest absolute Gasteiger partial charge is 0.463 e. The number of ether oxygens (including phenoxy) is 2. The van der Waals surface area contributed by atoms with Crippen molar-refractivity contribution in [1.82, 2.24) is 4.98 Å². The lowest BCUT2D eigenvalue weighted by molar-refractivity contribution is -0.129. The van der Waals surface area contributed by atoms with Gasteiger partial charge in [0.2, 0.25) is 5.88 Å². The van der Waals surface area contributed by atoms with Gasteiger partial charge in [0.15, 0.2) is 0 Å². The Bertz CT molecular complexity index is 349. The van der Waals surface area contributed by atoms with Gasteiger partial charge >= 0.3 is 6.61 Å². The molecule has 15 heavy (non-hydrogen) atoms. The van der Waals surface area contributed by atoms with E-state index in [1.54, 1.807) is 0 Å². The van der Waals surface area contributed by atoms with Crippen LogP contribution in [0.3, 0.4) is 0 Å². The van der Waals surface area contributed by atoms with Crippen LogP contribution in [-0.2, 0) is 16.1 Å². The predicted molar refractivity (Wildman–Crippen MR) is 49.4 cm³/mol. The third-order valence-electron chi connectivity index (χ3n) is 1.40. The number of rotatable bonds is 5. The molecule has 0 saturated carbocycles. The molecule has 0 aliphatic heterocycles. The Kier molecular flexibility index (Phi) is 4.41. The van der Waals surface area contributed by atoms with Crippen molar-refractivity contribution in [2.45, 2.75) is 13.2 Å². The Morgan fingerprint density at radius 1 is 1.60 bits per heavy atom. The SMILES string of the molecule is O=COCc1cc(Br)cnc1OC(F)F. The van der Waals surface area contributed by atoms with E-state index in [1.807, 2.05) is 0 Å². The molecular formula is C8H6BrF2NO3.